The topological polar surface area (TPSA) is 34.9 Å². The first-order valence-corrected chi connectivity index (χ1v) is 5.77. The molecule has 16 heavy (non-hydrogen) atoms. The van der Waals surface area contributed by atoms with Crippen LogP contribution < -0.4 is 0 Å². The smallest absolute Gasteiger partial charge is 0.155 e. The Kier molecular flexibility index (Phi) is 2.24. The predicted octanol–water partition coefficient (Wildman–Crippen LogP) is 2.41. The van der Waals surface area contributed by atoms with E-state index < -0.39 is 0 Å². The van der Waals surface area contributed by atoms with Gasteiger partial charge in [0.2, 0.25) is 0 Å². The van der Waals surface area contributed by atoms with Gasteiger partial charge in [-0.3, -0.25) is 4.79 Å². The Morgan fingerprint density at radius 2 is 2.19 bits per heavy atom. The van der Waals surface area contributed by atoms with E-state index in [1.54, 1.807) is 6.33 Å². The van der Waals surface area contributed by atoms with E-state index in [9.17, 15) is 4.79 Å². The molecule has 0 atom stereocenters. The van der Waals surface area contributed by atoms with Gasteiger partial charge in [0, 0.05) is 5.92 Å². The third-order valence-electron chi connectivity index (χ3n) is 3.41. The average Bonchev–Trinajstić information content (AvgIpc) is 2.59. The second-order valence-electron chi connectivity index (χ2n) is 4.46. The van der Waals surface area contributed by atoms with Gasteiger partial charge in [-0.2, -0.15) is 0 Å². The Morgan fingerprint density at radius 1 is 1.38 bits per heavy atom. The number of aromatic nitrogens is 2. The summed E-state index contributed by atoms with van der Waals surface area (Å²) in [4.78, 5) is 16.2. The van der Waals surface area contributed by atoms with Crippen molar-refractivity contribution < 1.29 is 4.79 Å². The zero-order valence-corrected chi connectivity index (χ0v) is 9.10. The van der Waals surface area contributed by atoms with E-state index in [1.807, 2.05) is 28.8 Å². The molecule has 1 saturated carbocycles. The van der Waals surface area contributed by atoms with Crippen molar-refractivity contribution in [1.29, 1.82) is 0 Å². The highest BCUT2D eigenvalue weighted by Crippen LogP contribution is 2.27. The van der Waals surface area contributed by atoms with Crippen LogP contribution in [0.2, 0.25) is 0 Å². The molecule has 0 spiro atoms. The number of carbonyl (C=O) groups is 1. The van der Waals surface area contributed by atoms with Crippen LogP contribution in [-0.2, 0) is 11.3 Å². The quantitative estimate of drug-likeness (QED) is 0.786. The van der Waals surface area contributed by atoms with Crippen molar-refractivity contribution in [2.45, 2.75) is 25.8 Å². The number of para-hydroxylation sites is 2. The summed E-state index contributed by atoms with van der Waals surface area (Å²) in [7, 11) is 0. The molecule has 0 unspecified atom stereocenters. The molecule has 3 rings (SSSR count). The highest BCUT2D eigenvalue weighted by atomic mass is 16.1. The summed E-state index contributed by atoms with van der Waals surface area (Å²) >= 11 is 0. The predicted molar refractivity (Wildman–Crippen MR) is 62.1 cm³/mol. The summed E-state index contributed by atoms with van der Waals surface area (Å²) < 4.78 is 1.95. The van der Waals surface area contributed by atoms with Gasteiger partial charge < -0.3 is 4.57 Å². The van der Waals surface area contributed by atoms with Crippen LogP contribution in [0.5, 0.6) is 0 Å². The molecule has 1 fully saturated rings. The standard InChI is InChI=1S/C13H14N2O/c16-13(10-4-3-5-10)8-15-9-14-11-6-1-2-7-12(11)15/h1-2,6-7,9-10H,3-5,8H2. The number of benzene rings is 1. The van der Waals surface area contributed by atoms with Crippen LogP contribution in [0.1, 0.15) is 19.3 Å². The first-order valence-electron chi connectivity index (χ1n) is 5.77. The van der Waals surface area contributed by atoms with Crippen LogP contribution >= 0.6 is 0 Å². The van der Waals surface area contributed by atoms with Crippen molar-refractivity contribution in [2.24, 2.45) is 5.92 Å². The lowest BCUT2D eigenvalue weighted by molar-refractivity contribution is -0.125. The molecule has 3 heteroatoms. The molecule has 0 bridgehead atoms. The summed E-state index contributed by atoms with van der Waals surface area (Å²) in [5.41, 5.74) is 2.01. The van der Waals surface area contributed by atoms with E-state index in [1.165, 1.54) is 6.42 Å². The van der Waals surface area contributed by atoms with E-state index in [-0.39, 0.29) is 0 Å². The minimum absolute atomic E-state index is 0.307. The van der Waals surface area contributed by atoms with Gasteiger partial charge in [0.25, 0.3) is 0 Å². The van der Waals surface area contributed by atoms with Gasteiger partial charge in [0.15, 0.2) is 5.78 Å². The number of carbonyl (C=O) groups excluding carboxylic acids is 1. The lowest BCUT2D eigenvalue weighted by Crippen LogP contribution is -2.25. The highest BCUT2D eigenvalue weighted by Gasteiger charge is 2.25. The first-order chi connectivity index (χ1) is 7.84. The molecule has 0 aliphatic heterocycles. The molecule has 0 N–H and O–H groups in total. The number of rotatable bonds is 3. The summed E-state index contributed by atoms with van der Waals surface area (Å²) in [5, 5.41) is 0. The van der Waals surface area contributed by atoms with Crippen molar-refractivity contribution in [2.75, 3.05) is 0 Å². The van der Waals surface area contributed by atoms with Gasteiger partial charge in [0.05, 0.1) is 23.9 Å². The number of fused-ring (bicyclic) bond motifs is 1. The SMILES string of the molecule is O=C(Cn1cnc2ccccc21)C1CCC1. The van der Waals surface area contributed by atoms with Crippen LogP contribution in [-0.4, -0.2) is 15.3 Å². The molecule has 1 aliphatic carbocycles. The van der Waals surface area contributed by atoms with Crippen LogP contribution in [0.3, 0.4) is 0 Å². The van der Waals surface area contributed by atoms with Gasteiger partial charge in [-0.1, -0.05) is 18.6 Å². The Balaban J connectivity index is 1.86. The number of nitrogens with zero attached hydrogens (tertiary/aromatic N) is 2. The fraction of sp³-hybridized carbons (Fsp3) is 0.385. The number of imidazole rings is 1. The number of hydrogen-bond acceptors (Lipinski definition) is 2. The van der Waals surface area contributed by atoms with Crippen molar-refractivity contribution in [1.82, 2.24) is 9.55 Å². The Labute approximate surface area is 94.1 Å². The number of Topliss-reactive ketones (excluding diaryl/α,β-unsaturated/α-hetero) is 1. The summed E-state index contributed by atoms with van der Waals surface area (Å²) in [6.45, 7) is 0.477. The van der Waals surface area contributed by atoms with Gasteiger partial charge in [-0.05, 0) is 25.0 Å². The molecule has 1 aromatic carbocycles. The molecule has 2 aromatic rings. The molecule has 1 aliphatic rings. The van der Waals surface area contributed by atoms with Gasteiger partial charge in [-0.25, -0.2) is 4.98 Å². The fourth-order valence-corrected chi connectivity index (χ4v) is 2.16. The minimum atomic E-state index is 0.307. The maximum Gasteiger partial charge on any atom is 0.155 e. The molecule has 3 nitrogen and oxygen atoms in total. The molecule has 82 valence electrons. The maximum atomic E-state index is 11.9. The molecule has 0 radical (unpaired) electrons. The van der Waals surface area contributed by atoms with E-state index >= 15 is 0 Å². The average molecular weight is 214 g/mol. The molecular weight excluding hydrogens is 200 g/mol. The second kappa shape index (κ2) is 3.74. The van der Waals surface area contributed by atoms with Crippen LogP contribution in [0.15, 0.2) is 30.6 Å². The van der Waals surface area contributed by atoms with Crippen LogP contribution in [0.25, 0.3) is 11.0 Å². The van der Waals surface area contributed by atoms with E-state index in [0.717, 1.165) is 23.9 Å². The Hall–Kier alpha value is -1.64. The van der Waals surface area contributed by atoms with Crippen LogP contribution in [0.4, 0.5) is 0 Å². The second-order valence-corrected chi connectivity index (χ2v) is 4.46. The molecular formula is C13H14N2O. The zero-order chi connectivity index (χ0) is 11.0. The van der Waals surface area contributed by atoms with Crippen molar-refractivity contribution in [3.8, 4) is 0 Å². The number of hydrogen-bond donors (Lipinski definition) is 0. The Bertz CT molecular complexity index is 525. The highest BCUT2D eigenvalue weighted by molar-refractivity contribution is 5.84. The first kappa shape index (κ1) is 9.58. The van der Waals surface area contributed by atoms with Crippen molar-refractivity contribution in [3.05, 3.63) is 30.6 Å². The van der Waals surface area contributed by atoms with Gasteiger partial charge in [-0.15, -0.1) is 0 Å². The fourth-order valence-electron chi connectivity index (χ4n) is 2.16. The molecule has 0 amide bonds. The third-order valence-corrected chi connectivity index (χ3v) is 3.41. The van der Waals surface area contributed by atoms with Crippen molar-refractivity contribution >= 4 is 16.8 Å². The Morgan fingerprint density at radius 3 is 2.94 bits per heavy atom. The summed E-state index contributed by atoms with van der Waals surface area (Å²) in [6.07, 6.45) is 5.12. The maximum absolute atomic E-state index is 11.9. The monoisotopic (exact) mass is 214 g/mol. The van der Waals surface area contributed by atoms with Gasteiger partial charge in [0.1, 0.15) is 0 Å². The van der Waals surface area contributed by atoms with Gasteiger partial charge >= 0.3 is 0 Å². The zero-order valence-electron chi connectivity index (χ0n) is 9.10. The largest absolute Gasteiger partial charge is 0.323 e. The van der Waals surface area contributed by atoms with E-state index in [4.69, 9.17) is 0 Å². The molecule has 0 saturated heterocycles. The lowest BCUT2D eigenvalue weighted by Gasteiger charge is -2.23. The van der Waals surface area contributed by atoms with Crippen molar-refractivity contribution in [3.63, 3.8) is 0 Å². The third kappa shape index (κ3) is 1.52. The summed E-state index contributed by atoms with van der Waals surface area (Å²) in [5.74, 6) is 0.663. The minimum Gasteiger partial charge on any atom is -0.323 e. The number of ketones is 1. The molecule has 1 aromatic heterocycles. The normalized spacial score (nSPS) is 16.2. The lowest BCUT2D eigenvalue weighted by atomic mass is 9.82. The van der Waals surface area contributed by atoms with E-state index in [2.05, 4.69) is 4.98 Å². The summed E-state index contributed by atoms with van der Waals surface area (Å²) in [6, 6.07) is 7.93. The van der Waals surface area contributed by atoms with E-state index in [0.29, 0.717) is 18.2 Å². The van der Waals surface area contributed by atoms with Crippen LogP contribution in [0, 0.1) is 5.92 Å². The molecule has 1 heterocycles.